The number of likely N-dealkylation sites (tertiary alicyclic amines) is 1. The van der Waals surface area contributed by atoms with E-state index < -0.39 is 0 Å². The summed E-state index contributed by atoms with van der Waals surface area (Å²) in [6, 6.07) is 1.85. The first-order chi connectivity index (χ1) is 13.0. The fourth-order valence-corrected chi connectivity index (χ4v) is 4.79. The van der Waals surface area contributed by atoms with Crippen LogP contribution in [0.2, 0.25) is 0 Å². The summed E-state index contributed by atoms with van der Waals surface area (Å²) in [5.41, 5.74) is 2.67. The van der Waals surface area contributed by atoms with Gasteiger partial charge in [0.1, 0.15) is 0 Å². The van der Waals surface area contributed by atoms with E-state index in [1.807, 2.05) is 27.0 Å². The molecule has 2 aliphatic rings. The van der Waals surface area contributed by atoms with Crippen molar-refractivity contribution in [3.63, 3.8) is 0 Å². The average Bonchev–Trinajstić information content (AvgIpc) is 2.94. The monoisotopic (exact) mass is 368 g/mol. The molecule has 2 saturated heterocycles. The molecule has 2 aliphatic heterocycles. The molecule has 144 valence electrons. The van der Waals surface area contributed by atoms with Crippen LogP contribution in [0.25, 0.3) is 0 Å². The fourth-order valence-electron chi connectivity index (χ4n) is 4.79. The van der Waals surface area contributed by atoms with E-state index in [1.165, 1.54) is 0 Å². The van der Waals surface area contributed by atoms with Crippen molar-refractivity contribution in [1.82, 2.24) is 24.6 Å². The van der Waals surface area contributed by atoms with E-state index >= 15 is 0 Å². The molecule has 0 aliphatic carbocycles. The van der Waals surface area contributed by atoms with Crippen molar-refractivity contribution in [2.75, 3.05) is 31.1 Å². The summed E-state index contributed by atoms with van der Waals surface area (Å²) < 4.78 is 1.80. The highest BCUT2D eigenvalue weighted by atomic mass is 16.2. The van der Waals surface area contributed by atoms with Crippen LogP contribution in [-0.2, 0) is 7.05 Å². The van der Waals surface area contributed by atoms with Gasteiger partial charge in [-0.05, 0) is 45.6 Å². The molecule has 0 bridgehead atoms. The van der Waals surface area contributed by atoms with Crippen molar-refractivity contribution in [3.05, 3.63) is 35.4 Å². The number of carbonyl (C=O) groups is 1. The molecule has 1 amide bonds. The maximum atomic E-state index is 13.3. The Hall–Kier alpha value is -2.44. The predicted molar refractivity (Wildman–Crippen MR) is 104 cm³/mol. The van der Waals surface area contributed by atoms with Crippen LogP contribution in [0.15, 0.2) is 18.5 Å². The number of rotatable bonds is 2. The zero-order chi connectivity index (χ0) is 19.0. The first kappa shape index (κ1) is 17.9. The molecule has 2 aromatic heterocycles. The molecule has 4 rings (SSSR count). The van der Waals surface area contributed by atoms with Gasteiger partial charge in [-0.2, -0.15) is 5.10 Å². The summed E-state index contributed by atoms with van der Waals surface area (Å²) in [6.45, 7) is 7.45. The summed E-state index contributed by atoms with van der Waals surface area (Å²) in [5.74, 6) is 0.934. The number of anilines is 1. The minimum Gasteiger partial charge on any atom is -0.340 e. The highest BCUT2D eigenvalue weighted by Crippen LogP contribution is 2.39. The average molecular weight is 368 g/mol. The van der Waals surface area contributed by atoms with Gasteiger partial charge in [0, 0.05) is 56.7 Å². The van der Waals surface area contributed by atoms with Gasteiger partial charge in [0.15, 0.2) is 0 Å². The quantitative estimate of drug-likeness (QED) is 0.814. The molecule has 7 nitrogen and oxygen atoms in total. The molecule has 0 N–H and O–H groups in total. The highest BCUT2D eigenvalue weighted by molar-refractivity contribution is 5.96. The molecule has 7 heteroatoms. The Morgan fingerprint density at radius 1 is 1.07 bits per heavy atom. The summed E-state index contributed by atoms with van der Waals surface area (Å²) in [7, 11) is 1.90. The lowest BCUT2D eigenvalue weighted by Crippen LogP contribution is -2.54. The molecular formula is C20H28N6O. The van der Waals surface area contributed by atoms with Crippen molar-refractivity contribution >= 4 is 11.9 Å². The van der Waals surface area contributed by atoms with E-state index in [0.717, 1.165) is 74.8 Å². The van der Waals surface area contributed by atoms with Crippen molar-refractivity contribution in [2.24, 2.45) is 12.5 Å². The van der Waals surface area contributed by atoms with Crippen LogP contribution in [0.1, 0.15) is 47.4 Å². The number of nitrogens with zero attached hydrogens (tertiary/aromatic N) is 6. The number of amides is 1. The number of carbonyl (C=O) groups excluding carboxylic acids is 1. The smallest absolute Gasteiger partial charge is 0.257 e. The molecule has 2 fully saturated rings. The van der Waals surface area contributed by atoms with Crippen LogP contribution in [-0.4, -0.2) is 56.7 Å². The Morgan fingerprint density at radius 3 is 2.44 bits per heavy atom. The third-order valence-electron chi connectivity index (χ3n) is 6.17. The topological polar surface area (TPSA) is 67.2 Å². The number of piperidine rings is 2. The second-order valence-corrected chi connectivity index (χ2v) is 8.07. The standard InChI is InChI=1S/C20H28N6O/c1-15-17(16(2)24(3)23-15)18(27)25-11-4-7-20(13-25)8-5-12-26(14-20)19-21-9-6-10-22-19/h6,9-10H,4-5,7-8,11-14H2,1-3H3. The highest BCUT2D eigenvalue weighted by Gasteiger charge is 2.41. The minimum absolute atomic E-state index is 0.130. The molecule has 0 radical (unpaired) electrons. The third kappa shape index (κ3) is 3.31. The zero-order valence-electron chi connectivity index (χ0n) is 16.5. The lowest BCUT2D eigenvalue weighted by molar-refractivity contribution is 0.0463. The second kappa shape index (κ2) is 6.94. The molecule has 1 spiro atoms. The molecule has 1 atom stereocenters. The SMILES string of the molecule is Cc1nn(C)c(C)c1C(=O)N1CCCC2(CCCN(c3ncccn3)C2)C1. The van der Waals surface area contributed by atoms with Gasteiger partial charge in [0.05, 0.1) is 11.3 Å². The van der Waals surface area contributed by atoms with E-state index in [0.29, 0.717) is 0 Å². The number of hydrogen-bond donors (Lipinski definition) is 0. The first-order valence-corrected chi connectivity index (χ1v) is 9.81. The summed E-state index contributed by atoms with van der Waals surface area (Å²) in [4.78, 5) is 26.5. The number of aryl methyl sites for hydroxylation is 2. The van der Waals surface area contributed by atoms with E-state index in [9.17, 15) is 4.79 Å². The molecule has 2 aromatic rings. The summed E-state index contributed by atoms with van der Waals surface area (Å²) in [5, 5.41) is 4.43. The minimum atomic E-state index is 0.130. The normalized spacial score (nSPS) is 23.1. The maximum absolute atomic E-state index is 13.3. The van der Waals surface area contributed by atoms with E-state index in [4.69, 9.17) is 0 Å². The first-order valence-electron chi connectivity index (χ1n) is 9.81. The van der Waals surface area contributed by atoms with E-state index in [2.05, 4.69) is 24.9 Å². The number of hydrogen-bond acceptors (Lipinski definition) is 5. The Morgan fingerprint density at radius 2 is 1.78 bits per heavy atom. The van der Waals surface area contributed by atoms with Gasteiger partial charge >= 0.3 is 0 Å². The number of aromatic nitrogens is 4. The van der Waals surface area contributed by atoms with Crippen molar-refractivity contribution in [3.8, 4) is 0 Å². The maximum Gasteiger partial charge on any atom is 0.257 e. The molecule has 0 saturated carbocycles. The fraction of sp³-hybridized carbons (Fsp3) is 0.600. The Balaban J connectivity index is 1.54. The zero-order valence-corrected chi connectivity index (χ0v) is 16.5. The van der Waals surface area contributed by atoms with Gasteiger partial charge in [-0.25, -0.2) is 9.97 Å². The lowest BCUT2D eigenvalue weighted by Gasteiger charge is -2.48. The van der Waals surface area contributed by atoms with Crippen LogP contribution >= 0.6 is 0 Å². The molecule has 27 heavy (non-hydrogen) atoms. The van der Waals surface area contributed by atoms with Crippen LogP contribution in [0.5, 0.6) is 0 Å². The Labute approximate surface area is 160 Å². The van der Waals surface area contributed by atoms with Gasteiger partial charge in [-0.3, -0.25) is 9.48 Å². The van der Waals surface area contributed by atoms with Crippen molar-refractivity contribution in [2.45, 2.75) is 39.5 Å². The Bertz CT molecular complexity index is 828. The lowest BCUT2D eigenvalue weighted by atomic mass is 9.73. The van der Waals surface area contributed by atoms with Crippen LogP contribution < -0.4 is 4.90 Å². The molecule has 1 unspecified atom stereocenters. The van der Waals surface area contributed by atoms with E-state index in [-0.39, 0.29) is 11.3 Å². The van der Waals surface area contributed by atoms with Gasteiger partial charge in [0.25, 0.3) is 5.91 Å². The molecule has 0 aromatic carbocycles. The van der Waals surface area contributed by atoms with Crippen molar-refractivity contribution < 1.29 is 4.79 Å². The third-order valence-corrected chi connectivity index (χ3v) is 6.17. The van der Waals surface area contributed by atoms with Gasteiger partial charge < -0.3 is 9.80 Å². The second-order valence-electron chi connectivity index (χ2n) is 8.07. The van der Waals surface area contributed by atoms with Crippen LogP contribution in [0, 0.1) is 19.3 Å². The molecular weight excluding hydrogens is 340 g/mol. The summed E-state index contributed by atoms with van der Waals surface area (Å²) >= 11 is 0. The Kier molecular flexibility index (Phi) is 4.61. The summed E-state index contributed by atoms with van der Waals surface area (Å²) in [6.07, 6.45) is 8.08. The van der Waals surface area contributed by atoms with Crippen LogP contribution in [0.3, 0.4) is 0 Å². The molecule has 4 heterocycles. The van der Waals surface area contributed by atoms with E-state index in [1.54, 1.807) is 17.1 Å². The van der Waals surface area contributed by atoms with Crippen molar-refractivity contribution in [1.29, 1.82) is 0 Å². The van der Waals surface area contributed by atoms with Gasteiger partial charge in [0.2, 0.25) is 5.95 Å². The van der Waals surface area contributed by atoms with Gasteiger partial charge in [-0.15, -0.1) is 0 Å². The van der Waals surface area contributed by atoms with Gasteiger partial charge in [-0.1, -0.05) is 0 Å². The largest absolute Gasteiger partial charge is 0.340 e. The van der Waals surface area contributed by atoms with Crippen LogP contribution in [0.4, 0.5) is 5.95 Å². The predicted octanol–water partition coefficient (Wildman–Crippen LogP) is 2.35.